The van der Waals surface area contributed by atoms with E-state index in [4.69, 9.17) is 0 Å². The second kappa shape index (κ2) is 18.9. The highest BCUT2D eigenvalue weighted by atomic mass is 16.3. The number of hydrogen-bond acceptors (Lipinski definition) is 4. The molecule has 0 amide bonds. The maximum atomic E-state index is 12.2. The van der Waals surface area contributed by atoms with Crippen molar-refractivity contribution in [2.45, 2.75) is 158 Å². The summed E-state index contributed by atoms with van der Waals surface area (Å²) in [6.07, 6.45) is 19.1. The Labute approximate surface area is 245 Å². The van der Waals surface area contributed by atoms with Crippen LogP contribution < -0.4 is 0 Å². The zero-order valence-electron chi connectivity index (χ0n) is 27.0. The van der Waals surface area contributed by atoms with Gasteiger partial charge in [0.05, 0.1) is 0 Å². The molecule has 1 aliphatic rings. The molecule has 2 rings (SSSR count). The smallest absolute Gasteiger partial charge is 0.185 e. The van der Waals surface area contributed by atoms with E-state index in [0.717, 1.165) is 59.9 Å². The van der Waals surface area contributed by atoms with Gasteiger partial charge in [0.25, 0.3) is 0 Å². The van der Waals surface area contributed by atoms with Gasteiger partial charge in [-0.05, 0) is 83.9 Å². The molecule has 0 unspecified atom stereocenters. The first kappa shape index (κ1) is 35.7. The summed E-state index contributed by atoms with van der Waals surface area (Å²) in [5, 5.41) is 20.3. The minimum absolute atomic E-state index is 0.0556. The van der Waals surface area contributed by atoms with E-state index in [9.17, 15) is 19.8 Å². The molecule has 1 aromatic rings. The van der Waals surface area contributed by atoms with Gasteiger partial charge in [-0.1, -0.05) is 90.9 Å². The largest absolute Gasteiger partial charge is 0.507 e. The van der Waals surface area contributed by atoms with Crippen molar-refractivity contribution in [3.8, 4) is 11.5 Å². The van der Waals surface area contributed by atoms with Crippen molar-refractivity contribution in [1.29, 1.82) is 0 Å². The molecule has 0 saturated heterocycles. The van der Waals surface area contributed by atoms with E-state index in [1.54, 1.807) is 20.8 Å². The normalized spacial score (nSPS) is 13.7. The zero-order valence-corrected chi connectivity index (χ0v) is 27.0. The van der Waals surface area contributed by atoms with Gasteiger partial charge in [0.1, 0.15) is 11.5 Å². The molecule has 0 bridgehead atoms. The molecule has 40 heavy (non-hydrogen) atoms. The number of rotatable bonds is 16. The Morgan fingerprint density at radius 2 is 0.850 bits per heavy atom. The number of ketones is 2. The van der Waals surface area contributed by atoms with Crippen LogP contribution in [0.5, 0.6) is 11.5 Å². The first-order chi connectivity index (χ1) is 19.0. The number of carbonyl (C=O) groups excluding carboxylic acids is 2. The molecule has 4 heteroatoms. The van der Waals surface area contributed by atoms with Crippen molar-refractivity contribution in [3.63, 3.8) is 0 Å². The van der Waals surface area contributed by atoms with Crippen molar-refractivity contribution in [2.75, 3.05) is 0 Å². The van der Waals surface area contributed by atoms with Crippen LogP contribution in [-0.2, 0) is 16.0 Å². The Kier molecular flexibility index (Phi) is 16.8. The van der Waals surface area contributed by atoms with Crippen LogP contribution in [0.4, 0.5) is 0 Å². The molecule has 0 heterocycles. The number of phenols is 2. The molecular weight excluding hydrogens is 496 g/mol. The van der Waals surface area contributed by atoms with Crippen LogP contribution >= 0.6 is 0 Å². The summed E-state index contributed by atoms with van der Waals surface area (Å²) in [6.45, 7) is 15.4. The molecule has 0 aliphatic heterocycles. The summed E-state index contributed by atoms with van der Waals surface area (Å²) in [6, 6.07) is 0. The number of benzene rings is 1. The average molecular weight is 555 g/mol. The van der Waals surface area contributed by atoms with Gasteiger partial charge in [0.2, 0.25) is 0 Å². The van der Waals surface area contributed by atoms with E-state index in [0.29, 0.717) is 28.2 Å². The average Bonchev–Trinajstić information content (AvgIpc) is 2.95. The maximum absolute atomic E-state index is 12.2. The lowest BCUT2D eigenvalue weighted by Crippen LogP contribution is -2.20. The highest BCUT2D eigenvalue weighted by molar-refractivity contribution is 6.24. The fraction of sp³-hybridized carbons (Fsp3) is 0.667. The molecule has 0 spiro atoms. The molecule has 0 atom stereocenters. The molecule has 1 aromatic carbocycles. The van der Waals surface area contributed by atoms with Gasteiger partial charge in [-0.25, -0.2) is 0 Å². The van der Waals surface area contributed by atoms with Crippen molar-refractivity contribution in [1.82, 2.24) is 0 Å². The fourth-order valence-corrected chi connectivity index (χ4v) is 5.46. The molecule has 0 fully saturated rings. The minimum Gasteiger partial charge on any atom is -0.507 e. The summed E-state index contributed by atoms with van der Waals surface area (Å²) < 4.78 is 0. The summed E-state index contributed by atoms with van der Waals surface area (Å²) in [4.78, 5) is 24.3. The van der Waals surface area contributed by atoms with Crippen LogP contribution in [0.2, 0.25) is 0 Å². The molecule has 226 valence electrons. The Hall–Kier alpha value is -2.36. The molecule has 2 N–H and O–H groups in total. The third kappa shape index (κ3) is 10.6. The van der Waals surface area contributed by atoms with Gasteiger partial charge in [0.15, 0.2) is 11.6 Å². The Morgan fingerprint density at radius 1 is 0.450 bits per heavy atom. The molecule has 1 aliphatic carbocycles. The van der Waals surface area contributed by atoms with Crippen molar-refractivity contribution in [3.05, 3.63) is 44.5 Å². The summed E-state index contributed by atoms with van der Waals surface area (Å²) >= 11 is 0. The summed E-state index contributed by atoms with van der Waals surface area (Å²) in [7, 11) is 0. The lowest BCUT2D eigenvalue weighted by atomic mass is 9.84. The van der Waals surface area contributed by atoms with Crippen molar-refractivity contribution < 1.29 is 19.8 Å². The number of carbonyl (C=O) groups is 2. The standard InChI is InChI=1S/C18H30O2.C18H28O2/c2*1-5-6-7-8-9-10-11-12-16-15(4)17(19)13(2)14(3)18(16)20/h19-20H,5-12H2,1-4H3;5-12H2,1-4H3. The number of phenolic OH excluding ortho intramolecular Hbond substituents is 2. The van der Waals surface area contributed by atoms with Crippen LogP contribution in [0.25, 0.3) is 0 Å². The van der Waals surface area contributed by atoms with E-state index < -0.39 is 0 Å². The van der Waals surface area contributed by atoms with E-state index in [1.807, 2.05) is 20.8 Å². The second-order valence-corrected chi connectivity index (χ2v) is 11.8. The monoisotopic (exact) mass is 554 g/mol. The minimum atomic E-state index is 0.0556. The van der Waals surface area contributed by atoms with Gasteiger partial charge in [0, 0.05) is 27.9 Å². The van der Waals surface area contributed by atoms with Crippen LogP contribution in [0.1, 0.15) is 153 Å². The van der Waals surface area contributed by atoms with Gasteiger partial charge in [-0.3, -0.25) is 9.59 Å². The third-order valence-electron chi connectivity index (χ3n) is 8.74. The molecule has 0 saturated carbocycles. The van der Waals surface area contributed by atoms with Gasteiger partial charge >= 0.3 is 0 Å². The maximum Gasteiger partial charge on any atom is 0.185 e. The predicted octanol–water partition coefficient (Wildman–Crippen LogP) is 10.2. The predicted molar refractivity (Wildman–Crippen MR) is 169 cm³/mol. The van der Waals surface area contributed by atoms with E-state index >= 15 is 0 Å². The Bertz CT molecular complexity index is 1010. The number of unbranched alkanes of at least 4 members (excludes halogenated alkanes) is 12. The van der Waals surface area contributed by atoms with Crippen LogP contribution in [0.15, 0.2) is 22.3 Å². The molecule has 4 nitrogen and oxygen atoms in total. The number of allylic oxidation sites excluding steroid dienone is 4. The number of hydrogen-bond donors (Lipinski definition) is 2. The third-order valence-corrected chi connectivity index (χ3v) is 8.74. The van der Waals surface area contributed by atoms with Gasteiger partial charge in [-0.2, -0.15) is 0 Å². The highest BCUT2D eigenvalue weighted by Gasteiger charge is 2.27. The second-order valence-electron chi connectivity index (χ2n) is 11.8. The van der Waals surface area contributed by atoms with Crippen molar-refractivity contribution in [2.24, 2.45) is 0 Å². The lowest BCUT2D eigenvalue weighted by Gasteiger charge is -2.18. The van der Waals surface area contributed by atoms with E-state index in [-0.39, 0.29) is 11.6 Å². The molecular formula is C36H58O4. The van der Waals surface area contributed by atoms with Crippen LogP contribution in [0.3, 0.4) is 0 Å². The van der Waals surface area contributed by atoms with Crippen LogP contribution in [-0.4, -0.2) is 21.8 Å². The lowest BCUT2D eigenvalue weighted by molar-refractivity contribution is -0.116. The molecule has 0 aromatic heterocycles. The molecule has 0 radical (unpaired) electrons. The Morgan fingerprint density at radius 3 is 1.35 bits per heavy atom. The van der Waals surface area contributed by atoms with Crippen molar-refractivity contribution >= 4 is 11.6 Å². The number of aromatic hydroxyl groups is 2. The van der Waals surface area contributed by atoms with Crippen LogP contribution in [0, 0.1) is 20.8 Å². The highest BCUT2D eigenvalue weighted by Crippen LogP contribution is 2.37. The zero-order chi connectivity index (χ0) is 30.2. The first-order valence-corrected chi connectivity index (χ1v) is 16.0. The number of Topliss-reactive ketones (excluding diaryl/α,β-unsaturated/α-hetero) is 2. The van der Waals surface area contributed by atoms with E-state index in [2.05, 4.69) is 13.8 Å². The quantitative estimate of drug-likeness (QED) is 0.121. The first-order valence-electron chi connectivity index (χ1n) is 16.0. The fourth-order valence-electron chi connectivity index (χ4n) is 5.46. The van der Waals surface area contributed by atoms with Gasteiger partial charge in [-0.15, -0.1) is 0 Å². The summed E-state index contributed by atoms with van der Waals surface area (Å²) in [5.74, 6) is 0.868. The Balaban J connectivity index is 0.000000400. The topological polar surface area (TPSA) is 74.6 Å². The SMILES string of the molecule is CCCCCCCCCC1=C(C)C(=O)C(C)=C(C)C1=O.CCCCCCCCCc1c(C)c(O)c(C)c(C)c1O. The summed E-state index contributed by atoms with van der Waals surface area (Å²) in [5.41, 5.74) is 6.07. The van der Waals surface area contributed by atoms with E-state index in [1.165, 1.54) is 70.6 Å². The van der Waals surface area contributed by atoms with Gasteiger partial charge < -0.3 is 10.2 Å².